The summed E-state index contributed by atoms with van der Waals surface area (Å²) < 4.78 is 29.3. The van der Waals surface area contributed by atoms with Crippen LogP contribution >= 0.6 is 0 Å². The van der Waals surface area contributed by atoms with Gasteiger partial charge in [-0.3, -0.25) is 5.41 Å². The Hall–Kier alpha value is -3.16. The second-order valence-electron chi connectivity index (χ2n) is 5.97. The number of sulfonamides is 1. The number of nitrogens with two attached hydrogens (primary N) is 2. The zero-order valence-corrected chi connectivity index (χ0v) is 15.2. The van der Waals surface area contributed by atoms with E-state index in [0.717, 1.165) is 11.1 Å². The molecule has 7 heteroatoms. The third-order valence-corrected chi connectivity index (χ3v) is 4.97. The predicted molar refractivity (Wildman–Crippen MR) is 105 cm³/mol. The molecule has 0 spiro atoms. The van der Waals surface area contributed by atoms with E-state index in [-0.39, 0.29) is 10.7 Å². The number of nitrogen functional groups attached to an aromatic ring is 1. The highest BCUT2D eigenvalue weighted by Gasteiger charge is 2.14. The van der Waals surface area contributed by atoms with Crippen molar-refractivity contribution in [2.24, 2.45) is 10.9 Å². The average Bonchev–Trinajstić information content (AvgIpc) is 2.66. The van der Waals surface area contributed by atoms with Crippen molar-refractivity contribution in [3.05, 3.63) is 83.9 Å². The summed E-state index contributed by atoms with van der Waals surface area (Å²) in [7, 11) is -3.81. The van der Waals surface area contributed by atoms with Crippen LogP contribution in [0.25, 0.3) is 11.1 Å². The maximum Gasteiger partial charge on any atom is 0.238 e. The zero-order chi connectivity index (χ0) is 19.4. The quantitative estimate of drug-likeness (QED) is 0.449. The number of ether oxygens (including phenoxy) is 1. The summed E-state index contributed by atoms with van der Waals surface area (Å²) in [6, 6.07) is 21.0. The molecule has 27 heavy (non-hydrogen) atoms. The summed E-state index contributed by atoms with van der Waals surface area (Å²) in [4.78, 5) is 0.0831. The van der Waals surface area contributed by atoms with Gasteiger partial charge in [0.15, 0.2) is 0 Å². The first kappa shape index (κ1) is 18.6. The van der Waals surface area contributed by atoms with Crippen molar-refractivity contribution in [2.45, 2.75) is 11.5 Å². The molecule has 0 unspecified atom stereocenters. The number of hydrogen-bond acceptors (Lipinski definition) is 4. The third kappa shape index (κ3) is 4.52. The molecule has 0 saturated carbocycles. The van der Waals surface area contributed by atoms with Gasteiger partial charge in [0, 0.05) is 11.1 Å². The highest BCUT2D eigenvalue weighted by atomic mass is 32.2. The standard InChI is InChI=1S/C20H19N3O3S/c21-20(22)16-5-3-4-14(12-16)13-26-17-10-8-15(9-11-17)18-6-1-2-7-19(18)27(23,24)25/h1-12H,13H2,(H3,21,22)(H2,23,24,25). The Bertz CT molecular complexity index is 1080. The van der Waals surface area contributed by atoms with Crippen LogP contribution in [0.15, 0.2) is 77.7 Å². The normalized spacial score (nSPS) is 11.1. The molecule has 0 aliphatic rings. The molecule has 0 atom stereocenters. The van der Waals surface area contributed by atoms with Gasteiger partial charge in [0.25, 0.3) is 0 Å². The Morgan fingerprint density at radius 2 is 1.67 bits per heavy atom. The van der Waals surface area contributed by atoms with Crippen LogP contribution in [-0.2, 0) is 16.6 Å². The third-order valence-electron chi connectivity index (χ3n) is 4.00. The lowest BCUT2D eigenvalue weighted by Gasteiger charge is -2.10. The maximum atomic E-state index is 11.8. The van der Waals surface area contributed by atoms with Gasteiger partial charge < -0.3 is 10.5 Å². The SMILES string of the molecule is N=C(N)c1cccc(COc2ccc(-c3ccccc3S(N)(=O)=O)cc2)c1. The summed E-state index contributed by atoms with van der Waals surface area (Å²) >= 11 is 0. The Morgan fingerprint density at radius 3 is 2.33 bits per heavy atom. The molecule has 138 valence electrons. The molecule has 0 bridgehead atoms. The van der Waals surface area contributed by atoms with E-state index in [9.17, 15) is 8.42 Å². The molecule has 0 heterocycles. The van der Waals surface area contributed by atoms with E-state index in [1.165, 1.54) is 6.07 Å². The van der Waals surface area contributed by atoms with Crippen LogP contribution in [0.4, 0.5) is 0 Å². The van der Waals surface area contributed by atoms with Gasteiger partial charge in [0.05, 0.1) is 4.90 Å². The molecular weight excluding hydrogens is 362 g/mol. The maximum absolute atomic E-state index is 11.8. The molecule has 6 nitrogen and oxygen atoms in total. The highest BCUT2D eigenvalue weighted by Crippen LogP contribution is 2.28. The fourth-order valence-electron chi connectivity index (χ4n) is 2.68. The van der Waals surface area contributed by atoms with E-state index in [2.05, 4.69) is 0 Å². The average molecular weight is 381 g/mol. The minimum Gasteiger partial charge on any atom is -0.489 e. The van der Waals surface area contributed by atoms with E-state index in [4.69, 9.17) is 21.0 Å². The van der Waals surface area contributed by atoms with Gasteiger partial charge in [-0.05, 0) is 35.4 Å². The number of amidine groups is 1. The molecule has 3 rings (SSSR count). The van der Waals surface area contributed by atoms with Crippen LogP contribution in [0.5, 0.6) is 5.75 Å². The second kappa shape index (κ2) is 7.61. The Morgan fingerprint density at radius 1 is 0.963 bits per heavy atom. The molecule has 0 amide bonds. The predicted octanol–water partition coefficient (Wildman–Crippen LogP) is 2.86. The summed E-state index contributed by atoms with van der Waals surface area (Å²) in [5.74, 6) is 0.648. The van der Waals surface area contributed by atoms with Gasteiger partial charge in [-0.15, -0.1) is 0 Å². The van der Waals surface area contributed by atoms with E-state index >= 15 is 0 Å². The van der Waals surface area contributed by atoms with E-state index in [1.807, 2.05) is 12.1 Å². The first-order valence-electron chi connectivity index (χ1n) is 8.13. The van der Waals surface area contributed by atoms with Crippen LogP contribution in [0.2, 0.25) is 0 Å². The Kier molecular flexibility index (Phi) is 5.25. The first-order chi connectivity index (χ1) is 12.8. The molecule has 0 aromatic heterocycles. The lowest BCUT2D eigenvalue weighted by Crippen LogP contribution is -2.13. The van der Waals surface area contributed by atoms with Crippen LogP contribution in [0.3, 0.4) is 0 Å². The fourth-order valence-corrected chi connectivity index (χ4v) is 3.44. The number of rotatable bonds is 6. The fraction of sp³-hybridized carbons (Fsp3) is 0.0500. The minimum atomic E-state index is -3.81. The van der Waals surface area contributed by atoms with E-state index in [0.29, 0.717) is 23.5 Å². The highest BCUT2D eigenvalue weighted by molar-refractivity contribution is 7.89. The van der Waals surface area contributed by atoms with Crippen molar-refractivity contribution in [3.63, 3.8) is 0 Å². The van der Waals surface area contributed by atoms with Gasteiger partial charge in [0.1, 0.15) is 18.2 Å². The van der Waals surface area contributed by atoms with Gasteiger partial charge in [0.2, 0.25) is 10.0 Å². The van der Waals surface area contributed by atoms with E-state index < -0.39 is 10.0 Å². The van der Waals surface area contributed by atoms with Crippen molar-refractivity contribution >= 4 is 15.9 Å². The van der Waals surface area contributed by atoms with E-state index in [1.54, 1.807) is 54.6 Å². The Balaban J connectivity index is 1.77. The molecule has 0 aliphatic heterocycles. The molecule has 3 aromatic carbocycles. The van der Waals surface area contributed by atoms with Crippen LogP contribution in [0.1, 0.15) is 11.1 Å². The van der Waals surface area contributed by atoms with Crippen molar-refractivity contribution in [3.8, 4) is 16.9 Å². The number of primary sulfonamides is 1. The van der Waals surface area contributed by atoms with Crippen LogP contribution in [-0.4, -0.2) is 14.3 Å². The molecule has 0 fully saturated rings. The van der Waals surface area contributed by atoms with Crippen molar-refractivity contribution in [1.29, 1.82) is 5.41 Å². The summed E-state index contributed by atoms with van der Waals surface area (Å²) in [6.07, 6.45) is 0. The minimum absolute atomic E-state index is 0.00900. The van der Waals surface area contributed by atoms with Crippen LogP contribution in [0, 0.1) is 5.41 Å². The van der Waals surface area contributed by atoms with Crippen molar-refractivity contribution < 1.29 is 13.2 Å². The second-order valence-corrected chi connectivity index (χ2v) is 7.50. The largest absolute Gasteiger partial charge is 0.489 e. The van der Waals surface area contributed by atoms with Crippen molar-refractivity contribution in [1.82, 2.24) is 0 Å². The lowest BCUT2D eigenvalue weighted by atomic mass is 10.1. The summed E-state index contributed by atoms with van der Waals surface area (Å²) in [6.45, 7) is 0.328. The van der Waals surface area contributed by atoms with Crippen molar-refractivity contribution in [2.75, 3.05) is 0 Å². The van der Waals surface area contributed by atoms with Gasteiger partial charge in [-0.1, -0.05) is 48.5 Å². The topological polar surface area (TPSA) is 119 Å². The van der Waals surface area contributed by atoms with Gasteiger partial charge >= 0.3 is 0 Å². The van der Waals surface area contributed by atoms with Gasteiger partial charge in [-0.25, -0.2) is 13.6 Å². The molecular formula is C20H19N3O3S. The smallest absolute Gasteiger partial charge is 0.238 e. The Labute approximate surface area is 158 Å². The number of benzene rings is 3. The molecule has 0 aliphatic carbocycles. The monoisotopic (exact) mass is 381 g/mol. The molecule has 0 saturated heterocycles. The molecule has 5 N–H and O–H groups in total. The lowest BCUT2D eigenvalue weighted by molar-refractivity contribution is 0.306. The molecule has 3 aromatic rings. The summed E-state index contributed by atoms with van der Waals surface area (Å²) in [5.41, 5.74) is 8.30. The number of nitrogens with one attached hydrogen (secondary N) is 1. The van der Waals surface area contributed by atoms with Gasteiger partial charge in [-0.2, -0.15) is 0 Å². The summed E-state index contributed by atoms with van der Waals surface area (Å²) in [5, 5.41) is 12.8. The first-order valence-corrected chi connectivity index (χ1v) is 9.67. The van der Waals surface area contributed by atoms with Crippen LogP contribution < -0.4 is 15.6 Å². The zero-order valence-electron chi connectivity index (χ0n) is 14.4. The molecule has 0 radical (unpaired) electrons. The number of hydrogen-bond donors (Lipinski definition) is 3.